The molecule has 1 aliphatic rings. The van der Waals surface area contributed by atoms with Crippen LogP contribution in [0.25, 0.3) is 21.9 Å². The Morgan fingerprint density at radius 2 is 1.80 bits per heavy atom. The first-order chi connectivity index (χ1) is 16.9. The second-order valence-electron chi connectivity index (χ2n) is 8.15. The SMILES string of the molecule is Nc1ccnc2c1ncn2C1OC(COC(=O)c2ccc3cc(C=O)c(C=O)cc3c2)C(O)C1O. The van der Waals surface area contributed by atoms with Crippen LogP contribution in [0.4, 0.5) is 5.69 Å². The fraction of sp³-hybridized carbons (Fsp3) is 0.208. The van der Waals surface area contributed by atoms with Crippen molar-refractivity contribution >= 4 is 46.2 Å². The number of aliphatic hydroxyl groups is 2. The van der Waals surface area contributed by atoms with Gasteiger partial charge in [-0.3, -0.25) is 14.2 Å². The maximum Gasteiger partial charge on any atom is 0.338 e. The molecule has 0 spiro atoms. The van der Waals surface area contributed by atoms with Crippen molar-refractivity contribution in [2.75, 3.05) is 12.3 Å². The van der Waals surface area contributed by atoms with Gasteiger partial charge in [0.15, 0.2) is 24.4 Å². The fourth-order valence-corrected chi connectivity index (χ4v) is 4.14. The van der Waals surface area contributed by atoms with Gasteiger partial charge in [-0.2, -0.15) is 0 Å². The van der Waals surface area contributed by atoms with Crippen molar-refractivity contribution in [2.45, 2.75) is 24.5 Å². The lowest BCUT2D eigenvalue weighted by Crippen LogP contribution is -2.34. The van der Waals surface area contributed by atoms with Crippen LogP contribution in [-0.4, -0.2) is 68.2 Å². The average Bonchev–Trinajstić information content (AvgIpc) is 3.43. The Hall–Kier alpha value is -4.19. The monoisotopic (exact) mass is 476 g/mol. The van der Waals surface area contributed by atoms with Crippen molar-refractivity contribution in [1.29, 1.82) is 0 Å². The summed E-state index contributed by atoms with van der Waals surface area (Å²) in [7, 11) is 0. The molecule has 1 aliphatic heterocycles. The molecule has 2 aromatic heterocycles. The number of ether oxygens (including phenoxy) is 2. The first kappa shape index (κ1) is 22.6. The average molecular weight is 476 g/mol. The van der Waals surface area contributed by atoms with Crippen LogP contribution >= 0.6 is 0 Å². The summed E-state index contributed by atoms with van der Waals surface area (Å²) < 4.78 is 12.6. The third-order valence-electron chi connectivity index (χ3n) is 6.01. The van der Waals surface area contributed by atoms with Gasteiger partial charge in [-0.1, -0.05) is 6.07 Å². The number of pyridine rings is 1. The Morgan fingerprint density at radius 3 is 2.54 bits per heavy atom. The number of benzene rings is 2. The number of esters is 1. The smallest absolute Gasteiger partial charge is 0.338 e. The Kier molecular flexibility index (Phi) is 5.73. The van der Waals surface area contributed by atoms with E-state index in [1.807, 2.05) is 0 Å². The summed E-state index contributed by atoms with van der Waals surface area (Å²) >= 11 is 0. The zero-order chi connectivity index (χ0) is 24.7. The third-order valence-corrected chi connectivity index (χ3v) is 6.01. The number of rotatable bonds is 6. The number of carbonyl (C=O) groups excluding carboxylic acids is 3. The van der Waals surface area contributed by atoms with Gasteiger partial charge in [0.25, 0.3) is 0 Å². The van der Waals surface area contributed by atoms with E-state index in [0.29, 0.717) is 40.2 Å². The molecule has 1 fully saturated rings. The number of imidazole rings is 1. The number of hydrogen-bond donors (Lipinski definition) is 3. The van der Waals surface area contributed by atoms with Gasteiger partial charge in [0.05, 0.1) is 17.6 Å². The number of nitrogens with zero attached hydrogens (tertiary/aromatic N) is 3. The zero-order valence-electron chi connectivity index (χ0n) is 18.1. The summed E-state index contributed by atoms with van der Waals surface area (Å²) in [6, 6.07) is 9.37. The van der Waals surface area contributed by atoms with Crippen molar-refractivity contribution in [2.24, 2.45) is 0 Å². The minimum atomic E-state index is -1.33. The number of nitrogens with two attached hydrogens (primary N) is 1. The van der Waals surface area contributed by atoms with Crippen molar-refractivity contribution in [3.8, 4) is 0 Å². The second kappa shape index (κ2) is 8.87. The molecule has 4 aromatic rings. The Morgan fingerprint density at radius 1 is 1.06 bits per heavy atom. The van der Waals surface area contributed by atoms with Crippen molar-refractivity contribution < 1.29 is 34.1 Å². The number of fused-ring (bicyclic) bond motifs is 2. The molecule has 4 atom stereocenters. The summed E-state index contributed by atoms with van der Waals surface area (Å²) in [5, 5.41) is 22.3. The highest BCUT2D eigenvalue weighted by atomic mass is 16.6. The van der Waals surface area contributed by atoms with E-state index in [4.69, 9.17) is 15.2 Å². The number of nitrogen functional groups attached to an aromatic ring is 1. The van der Waals surface area contributed by atoms with Crippen LogP contribution in [0.1, 0.15) is 37.3 Å². The minimum absolute atomic E-state index is 0.207. The highest BCUT2D eigenvalue weighted by Crippen LogP contribution is 2.32. The number of aldehydes is 2. The molecule has 11 heteroatoms. The summed E-state index contributed by atoms with van der Waals surface area (Å²) in [4.78, 5) is 43.4. The predicted octanol–water partition coefficient (Wildman–Crippen LogP) is 1.27. The lowest BCUT2D eigenvalue weighted by Gasteiger charge is -2.16. The first-order valence-corrected chi connectivity index (χ1v) is 10.6. The van der Waals surface area contributed by atoms with Crippen molar-refractivity contribution in [1.82, 2.24) is 14.5 Å². The quantitative estimate of drug-likeness (QED) is 0.272. The van der Waals surface area contributed by atoms with E-state index < -0.39 is 30.5 Å². The van der Waals surface area contributed by atoms with E-state index in [1.165, 1.54) is 35.3 Å². The van der Waals surface area contributed by atoms with E-state index in [9.17, 15) is 24.6 Å². The van der Waals surface area contributed by atoms with Gasteiger partial charge in [0, 0.05) is 17.3 Å². The molecule has 5 rings (SSSR count). The molecule has 0 bridgehead atoms. The van der Waals surface area contributed by atoms with Gasteiger partial charge in [-0.25, -0.2) is 14.8 Å². The van der Waals surface area contributed by atoms with E-state index in [-0.39, 0.29) is 23.3 Å². The third kappa shape index (κ3) is 3.91. The highest BCUT2D eigenvalue weighted by molar-refractivity contribution is 6.01. The van der Waals surface area contributed by atoms with Crippen LogP contribution in [0.3, 0.4) is 0 Å². The van der Waals surface area contributed by atoms with E-state index in [1.54, 1.807) is 18.2 Å². The van der Waals surface area contributed by atoms with Crippen LogP contribution in [-0.2, 0) is 9.47 Å². The molecule has 11 nitrogen and oxygen atoms in total. The molecular weight excluding hydrogens is 456 g/mol. The predicted molar refractivity (Wildman–Crippen MR) is 123 cm³/mol. The maximum atomic E-state index is 12.6. The Labute approximate surface area is 197 Å². The zero-order valence-corrected chi connectivity index (χ0v) is 18.1. The van der Waals surface area contributed by atoms with Crippen molar-refractivity contribution in [3.63, 3.8) is 0 Å². The molecule has 4 unspecified atom stereocenters. The molecule has 0 amide bonds. The van der Waals surface area contributed by atoms with E-state index in [0.717, 1.165) is 0 Å². The van der Waals surface area contributed by atoms with Gasteiger partial charge in [-0.15, -0.1) is 0 Å². The molecule has 2 aromatic carbocycles. The summed E-state index contributed by atoms with van der Waals surface area (Å²) in [6.07, 6.45) is -0.610. The topological polar surface area (TPSA) is 167 Å². The Balaban J connectivity index is 1.31. The number of carbonyl (C=O) groups is 3. The lowest BCUT2D eigenvalue weighted by molar-refractivity contribution is -0.0565. The lowest BCUT2D eigenvalue weighted by atomic mass is 10.0. The molecular formula is C24H20N4O7. The number of aromatic nitrogens is 3. The van der Waals surface area contributed by atoms with Gasteiger partial charge in [0.2, 0.25) is 0 Å². The molecule has 0 radical (unpaired) electrons. The highest BCUT2D eigenvalue weighted by Gasteiger charge is 2.45. The second-order valence-corrected chi connectivity index (χ2v) is 8.15. The minimum Gasteiger partial charge on any atom is -0.459 e. The van der Waals surface area contributed by atoms with E-state index in [2.05, 4.69) is 9.97 Å². The van der Waals surface area contributed by atoms with Gasteiger partial charge < -0.3 is 25.4 Å². The van der Waals surface area contributed by atoms with E-state index >= 15 is 0 Å². The van der Waals surface area contributed by atoms with Gasteiger partial charge in [-0.05, 0) is 41.1 Å². The van der Waals surface area contributed by atoms with Crippen LogP contribution in [0.2, 0.25) is 0 Å². The molecule has 0 saturated carbocycles. The van der Waals surface area contributed by atoms with Crippen LogP contribution in [0, 0.1) is 0 Å². The van der Waals surface area contributed by atoms with Gasteiger partial charge in [0.1, 0.15) is 30.4 Å². The summed E-state index contributed by atoms with van der Waals surface area (Å²) in [5.74, 6) is -0.685. The Bertz CT molecular complexity index is 1470. The summed E-state index contributed by atoms with van der Waals surface area (Å²) in [6.45, 7) is -0.322. The number of aliphatic hydroxyl groups excluding tert-OH is 2. The molecule has 0 aliphatic carbocycles. The number of anilines is 1. The first-order valence-electron chi connectivity index (χ1n) is 10.6. The van der Waals surface area contributed by atoms with Gasteiger partial charge >= 0.3 is 5.97 Å². The molecule has 1 saturated heterocycles. The fourth-order valence-electron chi connectivity index (χ4n) is 4.14. The molecule has 4 N–H and O–H groups in total. The normalized spacial score (nSPS) is 21.9. The standard InChI is InChI=1S/C24H20N4O7/c25-17-3-4-26-22-19(17)27-11-28(22)23-21(32)20(31)18(35-23)10-34-24(33)13-2-1-12-5-15(8-29)16(9-30)7-14(12)6-13/h1-9,11,18,20-21,23,31-32H,10H2,(H2,25,26). The van der Waals surface area contributed by atoms with Crippen LogP contribution in [0.15, 0.2) is 48.9 Å². The van der Waals surface area contributed by atoms with Crippen LogP contribution < -0.4 is 5.73 Å². The molecule has 35 heavy (non-hydrogen) atoms. The summed E-state index contributed by atoms with van der Waals surface area (Å²) in [5.41, 5.74) is 7.79. The number of hydrogen-bond acceptors (Lipinski definition) is 10. The maximum absolute atomic E-state index is 12.6. The molecule has 3 heterocycles. The largest absolute Gasteiger partial charge is 0.459 e. The van der Waals surface area contributed by atoms with Crippen LogP contribution in [0.5, 0.6) is 0 Å². The van der Waals surface area contributed by atoms with Crippen molar-refractivity contribution in [3.05, 3.63) is 65.6 Å². The molecule has 178 valence electrons.